The number of carboxylic acid groups (broad SMARTS) is 1. The van der Waals surface area contributed by atoms with E-state index >= 15 is 0 Å². The highest BCUT2D eigenvalue weighted by molar-refractivity contribution is 6.10. The van der Waals surface area contributed by atoms with Gasteiger partial charge in [0.05, 0.1) is 12.2 Å². The zero-order valence-corrected chi connectivity index (χ0v) is 14.1. The van der Waals surface area contributed by atoms with Gasteiger partial charge in [-0.2, -0.15) is 0 Å². The van der Waals surface area contributed by atoms with Gasteiger partial charge in [-0.25, -0.2) is 4.79 Å². The Hall–Kier alpha value is -2.62. The van der Waals surface area contributed by atoms with E-state index in [1.807, 2.05) is 19.1 Å². The number of hydrogen-bond donors (Lipinski definition) is 1. The first-order valence-electron chi connectivity index (χ1n) is 7.95. The first-order chi connectivity index (χ1) is 11.3. The summed E-state index contributed by atoms with van der Waals surface area (Å²) in [6.07, 6.45) is 0.907. The molecule has 0 unspecified atom stereocenters. The molecule has 4 heteroatoms. The number of carboxylic acids is 1. The Morgan fingerprint density at radius 2 is 1.71 bits per heavy atom. The van der Waals surface area contributed by atoms with Crippen molar-refractivity contribution in [2.24, 2.45) is 0 Å². The molecular weight excluding hydrogens is 304 g/mol. The van der Waals surface area contributed by atoms with Crippen LogP contribution in [0.1, 0.15) is 57.7 Å². The third kappa shape index (κ3) is 2.80. The summed E-state index contributed by atoms with van der Waals surface area (Å²) < 4.78 is 5.75. The number of carbonyl (C=O) groups is 2. The van der Waals surface area contributed by atoms with Crippen molar-refractivity contribution in [3.8, 4) is 5.75 Å². The van der Waals surface area contributed by atoms with Crippen LogP contribution in [0.4, 0.5) is 0 Å². The summed E-state index contributed by atoms with van der Waals surface area (Å²) in [6.45, 7) is 6.88. The van der Waals surface area contributed by atoms with E-state index in [0.717, 1.165) is 23.3 Å². The average molecular weight is 324 g/mol. The van der Waals surface area contributed by atoms with Crippen molar-refractivity contribution in [3.05, 3.63) is 64.2 Å². The number of carbonyl (C=O) groups excluding carboxylic acids is 1. The summed E-state index contributed by atoms with van der Waals surface area (Å²) in [5.74, 6) is -0.256. The number of aryl methyl sites for hydroxylation is 1. The molecule has 0 saturated carbocycles. The predicted octanol–water partition coefficient (Wildman–Crippen LogP) is 3.98. The highest BCUT2D eigenvalue weighted by atomic mass is 16.5. The summed E-state index contributed by atoms with van der Waals surface area (Å²) in [5.41, 5.74) is 3.16. The van der Waals surface area contributed by atoms with Gasteiger partial charge in [-0.05, 0) is 48.6 Å². The number of benzene rings is 2. The number of ketones is 1. The van der Waals surface area contributed by atoms with Gasteiger partial charge in [0.1, 0.15) is 5.75 Å². The van der Waals surface area contributed by atoms with E-state index in [9.17, 15) is 9.59 Å². The molecule has 0 aromatic heterocycles. The van der Waals surface area contributed by atoms with Crippen LogP contribution < -0.4 is 4.74 Å². The third-order valence-corrected chi connectivity index (χ3v) is 4.68. The lowest BCUT2D eigenvalue weighted by Crippen LogP contribution is -2.27. The van der Waals surface area contributed by atoms with Crippen LogP contribution in [-0.2, 0) is 5.41 Å². The van der Waals surface area contributed by atoms with Crippen LogP contribution in [0, 0.1) is 6.92 Å². The van der Waals surface area contributed by atoms with Gasteiger partial charge < -0.3 is 9.84 Å². The minimum absolute atomic E-state index is 0.0382. The van der Waals surface area contributed by atoms with Crippen LogP contribution in [-0.4, -0.2) is 23.5 Å². The Bertz CT molecular complexity index is 816. The monoisotopic (exact) mass is 324 g/mol. The molecule has 0 bridgehead atoms. The minimum Gasteiger partial charge on any atom is -0.493 e. The van der Waals surface area contributed by atoms with Crippen LogP contribution in [0.15, 0.2) is 36.4 Å². The van der Waals surface area contributed by atoms with E-state index in [0.29, 0.717) is 17.7 Å². The van der Waals surface area contributed by atoms with Gasteiger partial charge in [-0.15, -0.1) is 0 Å². The third-order valence-electron chi connectivity index (χ3n) is 4.68. The van der Waals surface area contributed by atoms with Gasteiger partial charge >= 0.3 is 5.97 Å². The smallest absolute Gasteiger partial charge is 0.335 e. The van der Waals surface area contributed by atoms with E-state index in [2.05, 4.69) is 13.8 Å². The van der Waals surface area contributed by atoms with Gasteiger partial charge in [0.25, 0.3) is 0 Å². The molecule has 0 amide bonds. The SMILES string of the molecule is Cc1cc2c(cc1C(=O)c1ccc(C(=O)O)cc1)C(C)(C)CCO2. The molecule has 1 aliphatic rings. The lowest BCUT2D eigenvalue weighted by molar-refractivity contribution is 0.0696. The number of rotatable bonds is 3. The number of hydrogen-bond acceptors (Lipinski definition) is 3. The van der Waals surface area contributed by atoms with E-state index in [1.165, 1.54) is 12.1 Å². The van der Waals surface area contributed by atoms with Crippen LogP contribution in [0.5, 0.6) is 5.75 Å². The topological polar surface area (TPSA) is 63.6 Å². The second-order valence-corrected chi connectivity index (χ2v) is 6.86. The van der Waals surface area contributed by atoms with Crippen molar-refractivity contribution in [1.29, 1.82) is 0 Å². The van der Waals surface area contributed by atoms with Gasteiger partial charge in [0.15, 0.2) is 5.78 Å². The maximum absolute atomic E-state index is 12.9. The summed E-state index contributed by atoms with van der Waals surface area (Å²) in [4.78, 5) is 23.8. The first kappa shape index (κ1) is 16.2. The minimum atomic E-state index is -1.00. The van der Waals surface area contributed by atoms with Gasteiger partial charge in [-0.1, -0.05) is 26.0 Å². The first-order valence-corrected chi connectivity index (χ1v) is 7.95. The maximum Gasteiger partial charge on any atom is 0.335 e. The number of fused-ring (bicyclic) bond motifs is 1. The fourth-order valence-electron chi connectivity index (χ4n) is 3.04. The number of aromatic carboxylic acids is 1. The summed E-state index contributed by atoms with van der Waals surface area (Å²) in [6, 6.07) is 9.89. The molecule has 4 nitrogen and oxygen atoms in total. The molecule has 124 valence electrons. The highest BCUT2D eigenvalue weighted by Crippen LogP contribution is 2.40. The lowest BCUT2D eigenvalue weighted by Gasteiger charge is -2.33. The second-order valence-electron chi connectivity index (χ2n) is 6.86. The number of ether oxygens (including phenoxy) is 1. The molecule has 2 aromatic rings. The summed E-state index contributed by atoms with van der Waals surface area (Å²) >= 11 is 0. The Morgan fingerprint density at radius 3 is 2.33 bits per heavy atom. The van der Waals surface area contributed by atoms with E-state index < -0.39 is 5.97 Å². The fourth-order valence-corrected chi connectivity index (χ4v) is 3.04. The Morgan fingerprint density at radius 1 is 1.08 bits per heavy atom. The molecule has 24 heavy (non-hydrogen) atoms. The van der Waals surface area contributed by atoms with Crippen molar-refractivity contribution < 1.29 is 19.4 Å². The molecule has 0 fully saturated rings. The molecule has 1 heterocycles. The summed E-state index contributed by atoms with van der Waals surface area (Å²) in [7, 11) is 0. The quantitative estimate of drug-likeness (QED) is 0.867. The fraction of sp³-hybridized carbons (Fsp3) is 0.300. The van der Waals surface area contributed by atoms with Gasteiger partial charge in [-0.3, -0.25) is 4.79 Å². The molecular formula is C20H20O4. The molecule has 3 rings (SSSR count). The van der Waals surface area contributed by atoms with Crippen molar-refractivity contribution in [2.75, 3.05) is 6.61 Å². The van der Waals surface area contributed by atoms with Gasteiger partial charge in [0, 0.05) is 16.7 Å². The predicted molar refractivity (Wildman–Crippen MR) is 91.2 cm³/mol. The zero-order valence-electron chi connectivity index (χ0n) is 14.1. The van der Waals surface area contributed by atoms with E-state index in [1.54, 1.807) is 12.1 Å². The van der Waals surface area contributed by atoms with Crippen LogP contribution in [0.2, 0.25) is 0 Å². The average Bonchev–Trinajstić information content (AvgIpc) is 2.53. The van der Waals surface area contributed by atoms with E-state index in [4.69, 9.17) is 9.84 Å². The Kier molecular flexibility index (Phi) is 3.91. The summed E-state index contributed by atoms with van der Waals surface area (Å²) in [5, 5.41) is 8.97. The van der Waals surface area contributed by atoms with Crippen LogP contribution in [0.25, 0.3) is 0 Å². The molecule has 1 N–H and O–H groups in total. The normalized spacial score (nSPS) is 15.3. The van der Waals surface area contributed by atoms with Gasteiger partial charge in [0.2, 0.25) is 0 Å². The van der Waals surface area contributed by atoms with Crippen molar-refractivity contribution in [2.45, 2.75) is 32.6 Å². The standard InChI is InChI=1S/C20H20O4/c1-12-10-17-16(20(2,3)8-9-24-17)11-15(12)18(21)13-4-6-14(7-5-13)19(22)23/h4-7,10-11H,8-9H2,1-3H3,(H,22,23). The largest absolute Gasteiger partial charge is 0.493 e. The second kappa shape index (κ2) is 5.78. The van der Waals surface area contributed by atoms with Crippen molar-refractivity contribution >= 4 is 11.8 Å². The van der Waals surface area contributed by atoms with Crippen LogP contribution >= 0.6 is 0 Å². The van der Waals surface area contributed by atoms with E-state index in [-0.39, 0.29) is 16.8 Å². The molecule has 0 saturated heterocycles. The van der Waals surface area contributed by atoms with Crippen molar-refractivity contribution in [1.82, 2.24) is 0 Å². The zero-order chi connectivity index (χ0) is 17.5. The molecule has 0 spiro atoms. The molecule has 1 aliphatic heterocycles. The Labute approximate surface area is 141 Å². The molecule has 0 radical (unpaired) electrons. The lowest BCUT2D eigenvalue weighted by atomic mass is 9.78. The molecule has 0 atom stereocenters. The van der Waals surface area contributed by atoms with Crippen LogP contribution in [0.3, 0.4) is 0 Å². The highest BCUT2D eigenvalue weighted by Gasteiger charge is 2.30. The molecule has 0 aliphatic carbocycles. The Balaban J connectivity index is 2.02. The molecule has 2 aromatic carbocycles. The van der Waals surface area contributed by atoms with Crippen molar-refractivity contribution in [3.63, 3.8) is 0 Å². The maximum atomic E-state index is 12.9.